The maximum absolute atomic E-state index is 5.97. The summed E-state index contributed by atoms with van der Waals surface area (Å²) in [5, 5.41) is 7.84. The van der Waals surface area contributed by atoms with Gasteiger partial charge in [0.1, 0.15) is 0 Å². The van der Waals surface area contributed by atoms with E-state index in [0.717, 1.165) is 17.3 Å². The Hall–Kier alpha value is -1.80. The average molecular weight is 297 g/mol. The zero-order chi connectivity index (χ0) is 14.2. The van der Waals surface area contributed by atoms with E-state index >= 15 is 0 Å². The summed E-state index contributed by atoms with van der Waals surface area (Å²) in [5.74, 6) is 0.614. The van der Waals surface area contributed by atoms with Crippen molar-refractivity contribution in [2.45, 2.75) is 19.3 Å². The summed E-state index contributed by atoms with van der Waals surface area (Å²) in [6, 6.07) is 16.6. The van der Waals surface area contributed by atoms with Crippen molar-refractivity contribution in [2.24, 2.45) is 11.0 Å². The number of benzene rings is 2. The standard InChI is InChI=1S/C18H17ClN2/c19-15-7-9-16(10-8-15)21-12-11-14-6-5-13-3-1-2-4-17(13)18(14)20-21/h1-4,7-10,14H,5-6,11-12H2. The third kappa shape index (κ3) is 2.34. The second-order valence-corrected chi connectivity index (χ2v) is 6.20. The predicted octanol–water partition coefficient (Wildman–Crippen LogP) is 4.52. The Bertz CT molecular complexity index is 691. The first kappa shape index (κ1) is 12.9. The van der Waals surface area contributed by atoms with E-state index in [9.17, 15) is 0 Å². The van der Waals surface area contributed by atoms with E-state index in [1.54, 1.807) is 0 Å². The van der Waals surface area contributed by atoms with E-state index in [1.165, 1.54) is 36.1 Å². The van der Waals surface area contributed by atoms with E-state index in [4.69, 9.17) is 16.7 Å². The lowest BCUT2D eigenvalue weighted by Crippen LogP contribution is -2.35. The van der Waals surface area contributed by atoms with Crippen LogP contribution in [-0.4, -0.2) is 12.3 Å². The lowest BCUT2D eigenvalue weighted by Gasteiger charge is -2.34. The van der Waals surface area contributed by atoms with Gasteiger partial charge in [0.2, 0.25) is 0 Å². The Morgan fingerprint density at radius 2 is 1.81 bits per heavy atom. The van der Waals surface area contributed by atoms with Crippen molar-refractivity contribution in [1.29, 1.82) is 0 Å². The van der Waals surface area contributed by atoms with Crippen LogP contribution in [0.15, 0.2) is 53.6 Å². The van der Waals surface area contributed by atoms with Crippen LogP contribution in [-0.2, 0) is 6.42 Å². The molecule has 0 aromatic heterocycles. The highest BCUT2D eigenvalue weighted by molar-refractivity contribution is 6.30. The monoisotopic (exact) mass is 296 g/mol. The maximum Gasteiger partial charge on any atom is 0.0716 e. The second-order valence-electron chi connectivity index (χ2n) is 5.77. The number of hydrazone groups is 1. The van der Waals surface area contributed by atoms with Crippen LogP contribution in [0.2, 0.25) is 5.02 Å². The lowest BCUT2D eigenvalue weighted by atomic mass is 9.80. The van der Waals surface area contributed by atoms with Gasteiger partial charge < -0.3 is 0 Å². The first-order valence-electron chi connectivity index (χ1n) is 7.51. The van der Waals surface area contributed by atoms with Crippen LogP contribution in [0, 0.1) is 5.92 Å². The third-order valence-electron chi connectivity index (χ3n) is 4.48. The Labute approximate surface area is 130 Å². The summed E-state index contributed by atoms with van der Waals surface area (Å²) >= 11 is 5.97. The van der Waals surface area contributed by atoms with Gasteiger partial charge in [0.25, 0.3) is 0 Å². The molecule has 21 heavy (non-hydrogen) atoms. The summed E-state index contributed by atoms with van der Waals surface area (Å²) in [6.07, 6.45) is 3.58. The fourth-order valence-corrected chi connectivity index (χ4v) is 3.48. The average Bonchev–Trinajstić information content (AvgIpc) is 2.55. The minimum Gasteiger partial charge on any atom is -0.265 e. The molecule has 2 aromatic carbocycles. The molecule has 0 fully saturated rings. The first-order chi connectivity index (χ1) is 10.3. The number of hydrogen-bond acceptors (Lipinski definition) is 2. The van der Waals surface area contributed by atoms with Gasteiger partial charge in [-0.1, -0.05) is 35.9 Å². The zero-order valence-electron chi connectivity index (χ0n) is 11.8. The van der Waals surface area contributed by atoms with E-state index in [1.807, 2.05) is 24.3 Å². The Morgan fingerprint density at radius 3 is 2.67 bits per heavy atom. The van der Waals surface area contributed by atoms with Gasteiger partial charge in [-0.15, -0.1) is 0 Å². The molecule has 2 aromatic rings. The lowest BCUT2D eigenvalue weighted by molar-refractivity contribution is 0.532. The molecule has 0 radical (unpaired) electrons. The molecule has 3 heteroatoms. The van der Waals surface area contributed by atoms with E-state index < -0.39 is 0 Å². The molecule has 0 amide bonds. The van der Waals surface area contributed by atoms with E-state index in [-0.39, 0.29) is 0 Å². The molecule has 4 rings (SSSR count). The fourth-order valence-electron chi connectivity index (χ4n) is 3.35. The zero-order valence-corrected chi connectivity index (χ0v) is 12.6. The number of fused-ring (bicyclic) bond motifs is 3. The number of hydrogen-bond donors (Lipinski definition) is 0. The van der Waals surface area contributed by atoms with Gasteiger partial charge in [0, 0.05) is 23.0 Å². The molecule has 1 unspecified atom stereocenters. The molecule has 0 saturated carbocycles. The van der Waals surface area contributed by atoms with Gasteiger partial charge in [0.05, 0.1) is 11.4 Å². The molecule has 2 nitrogen and oxygen atoms in total. The van der Waals surface area contributed by atoms with Crippen molar-refractivity contribution in [2.75, 3.05) is 11.6 Å². The van der Waals surface area contributed by atoms with Crippen LogP contribution in [0.25, 0.3) is 0 Å². The normalized spacial score (nSPS) is 20.5. The number of anilines is 1. The molecular formula is C18H17ClN2. The quantitative estimate of drug-likeness (QED) is 0.755. The van der Waals surface area contributed by atoms with Gasteiger partial charge in [-0.2, -0.15) is 5.10 Å². The molecule has 1 atom stereocenters. The number of halogens is 1. The Balaban J connectivity index is 1.74. The van der Waals surface area contributed by atoms with Gasteiger partial charge >= 0.3 is 0 Å². The number of nitrogens with zero attached hydrogens (tertiary/aromatic N) is 2. The largest absolute Gasteiger partial charge is 0.265 e. The highest BCUT2D eigenvalue weighted by Gasteiger charge is 2.29. The minimum absolute atomic E-state index is 0.614. The summed E-state index contributed by atoms with van der Waals surface area (Å²) in [6.45, 7) is 0.984. The summed E-state index contributed by atoms with van der Waals surface area (Å²) in [5.41, 5.74) is 5.16. The predicted molar refractivity (Wildman–Crippen MR) is 88.2 cm³/mol. The molecule has 0 spiro atoms. The van der Waals surface area contributed by atoms with Crippen LogP contribution in [0.1, 0.15) is 24.0 Å². The Morgan fingerprint density at radius 1 is 1.00 bits per heavy atom. The molecule has 1 aliphatic heterocycles. The molecule has 1 aliphatic carbocycles. The van der Waals surface area contributed by atoms with Crippen molar-refractivity contribution in [3.63, 3.8) is 0 Å². The van der Waals surface area contributed by atoms with Crippen LogP contribution < -0.4 is 5.01 Å². The van der Waals surface area contributed by atoms with Crippen molar-refractivity contribution >= 4 is 23.0 Å². The van der Waals surface area contributed by atoms with Crippen molar-refractivity contribution in [3.8, 4) is 0 Å². The minimum atomic E-state index is 0.614. The molecule has 0 N–H and O–H groups in total. The fraction of sp³-hybridized carbons (Fsp3) is 0.278. The van der Waals surface area contributed by atoms with Crippen LogP contribution >= 0.6 is 11.6 Å². The van der Waals surface area contributed by atoms with E-state index in [0.29, 0.717) is 5.92 Å². The summed E-state index contributed by atoms with van der Waals surface area (Å²) < 4.78 is 0. The van der Waals surface area contributed by atoms with Crippen LogP contribution in [0.5, 0.6) is 0 Å². The highest BCUT2D eigenvalue weighted by Crippen LogP contribution is 2.33. The molecular weight excluding hydrogens is 280 g/mol. The van der Waals surface area contributed by atoms with Crippen molar-refractivity contribution in [1.82, 2.24) is 0 Å². The second kappa shape index (κ2) is 5.19. The third-order valence-corrected chi connectivity index (χ3v) is 4.74. The van der Waals surface area contributed by atoms with Crippen LogP contribution in [0.4, 0.5) is 5.69 Å². The van der Waals surface area contributed by atoms with Gasteiger partial charge in [-0.05, 0) is 49.1 Å². The smallest absolute Gasteiger partial charge is 0.0716 e. The van der Waals surface area contributed by atoms with Gasteiger partial charge in [-0.25, -0.2) is 0 Å². The number of aryl methyl sites for hydroxylation is 1. The molecule has 0 saturated heterocycles. The summed E-state index contributed by atoms with van der Waals surface area (Å²) in [4.78, 5) is 0. The van der Waals surface area contributed by atoms with Gasteiger partial charge in [-0.3, -0.25) is 5.01 Å². The molecule has 1 heterocycles. The van der Waals surface area contributed by atoms with Crippen molar-refractivity contribution < 1.29 is 0 Å². The van der Waals surface area contributed by atoms with E-state index in [2.05, 4.69) is 29.3 Å². The topological polar surface area (TPSA) is 15.6 Å². The Kier molecular flexibility index (Phi) is 3.19. The number of rotatable bonds is 1. The molecule has 0 bridgehead atoms. The molecule has 106 valence electrons. The highest BCUT2D eigenvalue weighted by atomic mass is 35.5. The molecule has 2 aliphatic rings. The summed E-state index contributed by atoms with van der Waals surface area (Å²) in [7, 11) is 0. The SMILES string of the molecule is Clc1ccc(N2CCC3CCc4ccccc4C3=N2)cc1. The maximum atomic E-state index is 5.97. The van der Waals surface area contributed by atoms with Crippen molar-refractivity contribution in [3.05, 3.63) is 64.7 Å². The first-order valence-corrected chi connectivity index (χ1v) is 7.89. The van der Waals surface area contributed by atoms with Gasteiger partial charge in [0.15, 0.2) is 0 Å². The van der Waals surface area contributed by atoms with Crippen LogP contribution in [0.3, 0.4) is 0 Å².